The normalized spacial score (nSPS) is 16.2. The van der Waals surface area contributed by atoms with Gasteiger partial charge in [-0.2, -0.15) is 14.9 Å². The smallest absolute Gasteiger partial charge is 0.352 e. The van der Waals surface area contributed by atoms with Crippen LogP contribution in [0.15, 0.2) is 46.4 Å². The van der Waals surface area contributed by atoms with Crippen molar-refractivity contribution in [2.45, 2.75) is 19.5 Å². The summed E-state index contributed by atoms with van der Waals surface area (Å²) in [6.07, 6.45) is 1.86. The van der Waals surface area contributed by atoms with Gasteiger partial charge in [0.25, 0.3) is 0 Å². The number of halogens is 1. The lowest BCUT2D eigenvalue weighted by molar-refractivity contribution is 0.397. The first-order chi connectivity index (χ1) is 15.0. The van der Waals surface area contributed by atoms with Crippen LogP contribution >= 0.6 is 22.9 Å². The molecule has 0 spiro atoms. The van der Waals surface area contributed by atoms with Gasteiger partial charge in [0.05, 0.1) is 30.2 Å². The van der Waals surface area contributed by atoms with Gasteiger partial charge >= 0.3 is 5.69 Å². The topological polar surface area (TPSA) is 103 Å². The average Bonchev–Trinajstić information content (AvgIpc) is 3.20. The molecule has 4 rings (SSSR count). The Labute approximate surface area is 187 Å². The zero-order valence-corrected chi connectivity index (χ0v) is 18.4. The van der Waals surface area contributed by atoms with Crippen molar-refractivity contribution in [1.29, 1.82) is 0 Å². The van der Waals surface area contributed by atoms with Crippen LogP contribution in [-0.2, 0) is 6.54 Å². The van der Waals surface area contributed by atoms with Crippen LogP contribution in [0.5, 0.6) is 5.88 Å². The monoisotopic (exact) mass is 458 g/mol. The number of pyridine rings is 1. The second-order valence-corrected chi connectivity index (χ2v) is 8.70. The number of nitroso groups, excluding NO2 is 1. The number of aryl methyl sites for hydroxylation is 1. The SMILES string of the molecule is COc1cccc(C2=CCN(c3nc(C)n(Cc4ccc(Cl)s4)c(=O)n3)C[C@@H]2N=O)n1. The Bertz CT molecular complexity index is 1210. The van der Waals surface area contributed by atoms with Crippen molar-refractivity contribution in [3.8, 4) is 5.88 Å². The van der Waals surface area contributed by atoms with E-state index in [9.17, 15) is 9.70 Å². The second kappa shape index (κ2) is 8.94. The van der Waals surface area contributed by atoms with Crippen LogP contribution in [0.4, 0.5) is 5.95 Å². The summed E-state index contributed by atoms with van der Waals surface area (Å²) in [5.41, 5.74) is 0.933. The number of nitrogens with zero attached hydrogens (tertiary/aromatic N) is 6. The molecule has 1 atom stereocenters. The molecule has 3 aromatic heterocycles. The summed E-state index contributed by atoms with van der Waals surface area (Å²) in [6, 6.07) is 8.34. The molecular weight excluding hydrogens is 440 g/mol. The van der Waals surface area contributed by atoms with Gasteiger partial charge in [-0.25, -0.2) is 9.78 Å². The van der Waals surface area contributed by atoms with Gasteiger partial charge in [0, 0.05) is 23.1 Å². The van der Waals surface area contributed by atoms with Crippen LogP contribution in [0.25, 0.3) is 5.57 Å². The van der Waals surface area contributed by atoms with Gasteiger partial charge in [0.15, 0.2) is 0 Å². The molecule has 0 N–H and O–H groups in total. The maximum absolute atomic E-state index is 12.7. The molecule has 0 saturated carbocycles. The Hall–Kier alpha value is -3.11. The van der Waals surface area contributed by atoms with Crippen molar-refractivity contribution >= 4 is 34.5 Å². The van der Waals surface area contributed by atoms with Gasteiger partial charge in [-0.15, -0.1) is 11.3 Å². The van der Waals surface area contributed by atoms with E-state index in [0.29, 0.717) is 40.4 Å². The molecule has 0 unspecified atom stereocenters. The molecule has 0 aliphatic carbocycles. The zero-order chi connectivity index (χ0) is 22.0. The fourth-order valence-corrected chi connectivity index (χ4v) is 4.45. The Morgan fingerprint density at radius 2 is 2.10 bits per heavy atom. The molecule has 0 bridgehead atoms. The van der Waals surface area contributed by atoms with E-state index in [0.717, 1.165) is 4.88 Å². The van der Waals surface area contributed by atoms with Crippen LogP contribution < -0.4 is 15.3 Å². The Balaban J connectivity index is 1.59. The lowest BCUT2D eigenvalue weighted by Gasteiger charge is -2.29. The Kier molecular flexibility index (Phi) is 6.10. The number of rotatable bonds is 6. The van der Waals surface area contributed by atoms with E-state index in [2.05, 4.69) is 20.1 Å². The molecule has 1 aliphatic heterocycles. The Morgan fingerprint density at radius 3 is 2.77 bits per heavy atom. The van der Waals surface area contributed by atoms with Crippen molar-refractivity contribution in [2.75, 3.05) is 25.1 Å². The van der Waals surface area contributed by atoms with Gasteiger partial charge in [-0.1, -0.05) is 28.9 Å². The lowest BCUT2D eigenvalue weighted by Crippen LogP contribution is -2.40. The summed E-state index contributed by atoms with van der Waals surface area (Å²) in [7, 11) is 1.54. The predicted octanol–water partition coefficient (Wildman–Crippen LogP) is 3.15. The molecule has 4 heterocycles. The van der Waals surface area contributed by atoms with E-state index in [1.54, 1.807) is 30.0 Å². The van der Waals surface area contributed by atoms with Crippen LogP contribution in [0.3, 0.4) is 0 Å². The average molecular weight is 459 g/mol. The van der Waals surface area contributed by atoms with Gasteiger partial charge in [-0.3, -0.25) is 4.57 Å². The number of aromatic nitrogens is 4. The van der Waals surface area contributed by atoms with Crippen molar-refractivity contribution in [1.82, 2.24) is 19.5 Å². The summed E-state index contributed by atoms with van der Waals surface area (Å²) in [6.45, 7) is 2.77. The minimum Gasteiger partial charge on any atom is -0.481 e. The molecule has 0 aromatic carbocycles. The van der Waals surface area contributed by atoms with Crippen molar-refractivity contribution < 1.29 is 4.74 Å². The third kappa shape index (κ3) is 4.49. The van der Waals surface area contributed by atoms with E-state index in [4.69, 9.17) is 16.3 Å². The quantitative estimate of drug-likeness (QED) is 0.522. The van der Waals surface area contributed by atoms with Crippen LogP contribution in [0, 0.1) is 11.8 Å². The number of ether oxygens (including phenoxy) is 1. The fraction of sp³-hybridized carbons (Fsp3) is 0.300. The van der Waals surface area contributed by atoms with E-state index in [1.165, 1.54) is 23.0 Å². The number of thiophene rings is 1. The molecule has 0 amide bonds. The van der Waals surface area contributed by atoms with E-state index in [1.807, 2.05) is 18.2 Å². The summed E-state index contributed by atoms with van der Waals surface area (Å²) >= 11 is 7.38. The first-order valence-electron chi connectivity index (χ1n) is 9.47. The zero-order valence-electron chi connectivity index (χ0n) is 16.9. The van der Waals surface area contributed by atoms with Crippen molar-refractivity contribution in [2.24, 2.45) is 5.18 Å². The minimum absolute atomic E-state index is 0.248. The third-order valence-electron chi connectivity index (χ3n) is 4.94. The molecule has 0 fully saturated rings. The van der Waals surface area contributed by atoms with E-state index in [-0.39, 0.29) is 12.5 Å². The lowest BCUT2D eigenvalue weighted by atomic mass is 9.99. The van der Waals surface area contributed by atoms with E-state index < -0.39 is 11.7 Å². The molecule has 3 aromatic rings. The third-order valence-corrected chi connectivity index (χ3v) is 6.16. The fourth-order valence-electron chi connectivity index (χ4n) is 3.37. The molecule has 0 radical (unpaired) electrons. The largest absolute Gasteiger partial charge is 0.481 e. The highest BCUT2D eigenvalue weighted by Crippen LogP contribution is 2.27. The minimum atomic E-state index is -0.673. The molecule has 11 heteroatoms. The summed E-state index contributed by atoms with van der Waals surface area (Å²) < 4.78 is 7.32. The van der Waals surface area contributed by atoms with Crippen molar-refractivity contribution in [3.05, 3.63) is 72.5 Å². The predicted molar refractivity (Wildman–Crippen MR) is 120 cm³/mol. The molecule has 0 saturated heterocycles. The second-order valence-electron chi connectivity index (χ2n) is 6.90. The first-order valence-corrected chi connectivity index (χ1v) is 10.7. The standard InChI is InChI=1S/C20H19ClN6O3S/c1-12-22-19(24-20(28)27(12)10-13-6-7-17(21)31-13)26-9-8-14(16(11-26)25-29)15-4-3-5-18(23-15)30-2/h3-8,16H,9-11H2,1-2H3/t16-/m0/s1. The summed E-state index contributed by atoms with van der Waals surface area (Å²) in [5, 5.41) is 3.27. The van der Waals surface area contributed by atoms with Gasteiger partial charge in [0.1, 0.15) is 11.9 Å². The highest BCUT2D eigenvalue weighted by atomic mass is 35.5. The summed E-state index contributed by atoms with van der Waals surface area (Å²) in [4.78, 5) is 40.0. The molecular formula is C20H19ClN6O3S. The van der Waals surface area contributed by atoms with Crippen molar-refractivity contribution in [3.63, 3.8) is 0 Å². The molecule has 1 aliphatic rings. The number of methoxy groups -OCH3 is 1. The molecule has 31 heavy (non-hydrogen) atoms. The van der Waals surface area contributed by atoms with E-state index >= 15 is 0 Å². The highest BCUT2D eigenvalue weighted by Gasteiger charge is 2.27. The van der Waals surface area contributed by atoms with Crippen LogP contribution in [-0.4, -0.2) is 45.8 Å². The maximum Gasteiger partial charge on any atom is 0.352 e. The first kappa shape index (κ1) is 21.1. The number of hydrogen-bond acceptors (Lipinski definition) is 9. The van der Waals surface area contributed by atoms with Gasteiger partial charge in [-0.05, 0) is 25.1 Å². The summed E-state index contributed by atoms with van der Waals surface area (Å²) in [5.74, 6) is 1.25. The van der Waals surface area contributed by atoms with Crippen LogP contribution in [0.2, 0.25) is 4.34 Å². The number of hydrogen-bond donors (Lipinski definition) is 0. The number of anilines is 1. The molecule has 9 nitrogen and oxygen atoms in total. The highest BCUT2D eigenvalue weighted by molar-refractivity contribution is 7.16. The maximum atomic E-state index is 12.7. The van der Waals surface area contributed by atoms with Gasteiger partial charge in [0.2, 0.25) is 11.8 Å². The molecule has 160 valence electrons. The Morgan fingerprint density at radius 1 is 1.26 bits per heavy atom. The van der Waals surface area contributed by atoms with Gasteiger partial charge < -0.3 is 9.64 Å². The van der Waals surface area contributed by atoms with Crippen LogP contribution in [0.1, 0.15) is 16.4 Å².